The van der Waals surface area contributed by atoms with Crippen LogP contribution in [0.25, 0.3) is 0 Å². The molecule has 23 heavy (non-hydrogen) atoms. The van der Waals surface area contributed by atoms with Gasteiger partial charge in [-0.25, -0.2) is 9.97 Å². The van der Waals surface area contributed by atoms with Crippen molar-refractivity contribution in [1.82, 2.24) is 9.97 Å². The van der Waals surface area contributed by atoms with E-state index in [1.54, 1.807) is 18.3 Å². The van der Waals surface area contributed by atoms with Crippen LogP contribution in [-0.4, -0.2) is 15.1 Å². The van der Waals surface area contributed by atoms with Crippen LogP contribution in [0.4, 0.5) is 0 Å². The SMILES string of the molecule is Brc1ccc(OCc2ccccc2)cn1.Oc1ccc(Br)nc1. The van der Waals surface area contributed by atoms with Crippen molar-refractivity contribution in [3.05, 3.63) is 81.8 Å². The molecule has 3 rings (SSSR count). The molecule has 6 heteroatoms. The topological polar surface area (TPSA) is 55.2 Å². The fourth-order valence-electron chi connectivity index (χ4n) is 1.56. The standard InChI is InChI=1S/C12H10BrNO.C5H4BrNO/c13-12-7-6-11(8-14-12)15-9-10-4-2-1-3-5-10;6-5-2-1-4(8)3-7-5/h1-8H,9H2;1-3,8H. The first-order valence-electron chi connectivity index (χ1n) is 6.72. The van der Waals surface area contributed by atoms with Crippen LogP contribution < -0.4 is 4.74 Å². The molecule has 0 aliphatic heterocycles. The molecule has 0 saturated carbocycles. The van der Waals surface area contributed by atoms with Crippen molar-refractivity contribution in [3.63, 3.8) is 0 Å². The number of ether oxygens (including phenoxy) is 1. The summed E-state index contributed by atoms with van der Waals surface area (Å²) in [6.07, 6.45) is 3.08. The Balaban J connectivity index is 0.000000203. The predicted molar refractivity (Wildman–Crippen MR) is 96.3 cm³/mol. The second-order valence-corrected chi connectivity index (χ2v) is 6.05. The molecule has 0 saturated heterocycles. The maximum absolute atomic E-state index is 8.67. The van der Waals surface area contributed by atoms with E-state index in [1.807, 2.05) is 42.5 Å². The minimum Gasteiger partial charge on any atom is -0.506 e. The summed E-state index contributed by atoms with van der Waals surface area (Å²) in [7, 11) is 0. The van der Waals surface area contributed by atoms with Gasteiger partial charge in [-0.05, 0) is 61.7 Å². The normalized spacial score (nSPS) is 9.65. The van der Waals surface area contributed by atoms with E-state index in [2.05, 4.69) is 41.8 Å². The van der Waals surface area contributed by atoms with Crippen LogP contribution in [0.3, 0.4) is 0 Å². The van der Waals surface area contributed by atoms with Crippen molar-refractivity contribution in [2.45, 2.75) is 6.61 Å². The maximum Gasteiger partial charge on any atom is 0.138 e. The van der Waals surface area contributed by atoms with Gasteiger partial charge in [0.1, 0.15) is 27.3 Å². The van der Waals surface area contributed by atoms with Gasteiger partial charge in [0.25, 0.3) is 0 Å². The molecule has 0 bridgehead atoms. The number of halogens is 2. The lowest BCUT2D eigenvalue weighted by molar-refractivity contribution is 0.305. The maximum atomic E-state index is 8.67. The van der Waals surface area contributed by atoms with Crippen LogP contribution in [0.1, 0.15) is 5.56 Å². The third-order valence-corrected chi connectivity index (χ3v) is 3.60. The summed E-state index contributed by atoms with van der Waals surface area (Å²) in [5.74, 6) is 0.968. The lowest BCUT2D eigenvalue weighted by Gasteiger charge is -2.05. The monoisotopic (exact) mass is 436 g/mol. The van der Waals surface area contributed by atoms with Crippen LogP contribution in [0.2, 0.25) is 0 Å². The average Bonchev–Trinajstić information content (AvgIpc) is 2.59. The molecule has 4 nitrogen and oxygen atoms in total. The fourth-order valence-corrected chi connectivity index (χ4v) is 2.03. The van der Waals surface area contributed by atoms with Gasteiger partial charge in [0, 0.05) is 0 Å². The number of nitrogens with zero attached hydrogens (tertiary/aromatic N) is 2. The molecule has 0 amide bonds. The average molecular weight is 438 g/mol. The molecule has 2 heterocycles. The lowest BCUT2D eigenvalue weighted by Crippen LogP contribution is -1.95. The van der Waals surface area contributed by atoms with E-state index in [-0.39, 0.29) is 5.75 Å². The number of hydrogen-bond donors (Lipinski definition) is 1. The van der Waals surface area contributed by atoms with Gasteiger partial charge in [-0.3, -0.25) is 0 Å². The van der Waals surface area contributed by atoms with Crippen molar-refractivity contribution in [2.24, 2.45) is 0 Å². The van der Waals surface area contributed by atoms with Crippen molar-refractivity contribution in [1.29, 1.82) is 0 Å². The highest BCUT2D eigenvalue weighted by atomic mass is 79.9. The van der Waals surface area contributed by atoms with Crippen molar-refractivity contribution in [2.75, 3.05) is 0 Å². The van der Waals surface area contributed by atoms with Gasteiger partial charge in [-0.15, -0.1) is 0 Å². The van der Waals surface area contributed by atoms with Gasteiger partial charge in [0.05, 0.1) is 12.4 Å². The van der Waals surface area contributed by atoms with Gasteiger partial charge in [-0.2, -0.15) is 0 Å². The van der Waals surface area contributed by atoms with Crippen LogP contribution in [-0.2, 0) is 6.61 Å². The quantitative estimate of drug-likeness (QED) is 0.587. The van der Waals surface area contributed by atoms with E-state index in [4.69, 9.17) is 9.84 Å². The molecule has 0 aliphatic rings. The summed E-state index contributed by atoms with van der Waals surface area (Å²) in [6.45, 7) is 0.574. The van der Waals surface area contributed by atoms with Gasteiger partial charge in [0.15, 0.2) is 0 Å². The number of pyridine rings is 2. The Morgan fingerprint density at radius 1 is 0.826 bits per heavy atom. The molecule has 0 atom stereocenters. The largest absolute Gasteiger partial charge is 0.506 e. The Bertz CT molecular complexity index is 684. The minimum absolute atomic E-state index is 0.188. The zero-order valence-electron chi connectivity index (χ0n) is 12.1. The van der Waals surface area contributed by atoms with Crippen LogP contribution in [0.5, 0.6) is 11.5 Å². The van der Waals surface area contributed by atoms with E-state index in [9.17, 15) is 0 Å². The molecule has 118 valence electrons. The molecule has 2 aromatic heterocycles. The molecule has 0 aliphatic carbocycles. The fraction of sp³-hybridized carbons (Fsp3) is 0.0588. The number of benzene rings is 1. The Kier molecular flexibility index (Phi) is 7.03. The number of aromatic nitrogens is 2. The van der Waals surface area contributed by atoms with Crippen molar-refractivity contribution < 1.29 is 9.84 Å². The summed E-state index contributed by atoms with van der Waals surface area (Å²) in [4.78, 5) is 7.83. The number of aromatic hydroxyl groups is 1. The molecule has 0 radical (unpaired) electrons. The zero-order valence-corrected chi connectivity index (χ0v) is 15.2. The minimum atomic E-state index is 0.188. The molecule has 1 aromatic carbocycles. The first-order chi connectivity index (χ1) is 11.1. The smallest absolute Gasteiger partial charge is 0.138 e. The first kappa shape index (κ1) is 17.4. The van der Waals surface area contributed by atoms with Crippen LogP contribution in [0, 0.1) is 0 Å². The van der Waals surface area contributed by atoms with Crippen molar-refractivity contribution in [3.8, 4) is 11.5 Å². The highest BCUT2D eigenvalue weighted by Crippen LogP contribution is 2.14. The summed E-state index contributed by atoms with van der Waals surface area (Å²) in [5.41, 5.74) is 1.15. The molecule has 0 spiro atoms. The van der Waals surface area contributed by atoms with Crippen LogP contribution >= 0.6 is 31.9 Å². The first-order valence-corrected chi connectivity index (χ1v) is 8.31. The molecular weight excluding hydrogens is 424 g/mol. The molecule has 3 aromatic rings. The van der Waals surface area contributed by atoms with E-state index >= 15 is 0 Å². The van der Waals surface area contributed by atoms with Gasteiger partial charge in [0.2, 0.25) is 0 Å². The third-order valence-electron chi connectivity index (χ3n) is 2.66. The highest BCUT2D eigenvalue weighted by Gasteiger charge is 1.95. The predicted octanol–water partition coefficient (Wildman–Crippen LogP) is 4.97. The Morgan fingerprint density at radius 3 is 2.00 bits per heavy atom. The number of rotatable bonds is 3. The lowest BCUT2D eigenvalue weighted by atomic mass is 10.2. The molecule has 0 fully saturated rings. The van der Waals surface area contributed by atoms with Gasteiger partial charge in [-0.1, -0.05) is 30.3 Å². The highest BCUT2D eigenvalue weighted by molar-refractivity contribution is 9.10. The van der Waals surface area contributed by atoms with Gasteiger partial charge < -0.3 is 9.84 Å². The number of hydrogen-bond acceptors (Lipinski definition) is 4. The van der Waals surface area contributed by atoms with Gasteiger partial charge >= 0.3 is 0 Å². The molecular formula is C17H14Br2N2O2. The summed E-state index contributed by atoms with van der Waals surface area (Å²) in [5, 5.41) is 8.67. The third kappa shape index (κ3) is 6.80. The Morgan fingerprint density at radius 2 is 1.48 bits per heavy atom. The van der Waals surface area contributed by atoms with Crippen molar-refractivity contribution >= 4 is 31.9 Å². The molecule has 1 N–H and O–H groups in total. The van der Waals surface area contributed by atoms with E-state index in [0.717, 1.165) is 20.5 Å². The summed E-state index contributed by atoms with van der Waals surface area (Å²) in [6, 6.07) is 17.0. The van der Waals surface area contributed by atoms with E-state index < -0.39 is 0 Å². The molecule has 0 unspecified atom stereocenters. The Labute approximate surface area is 151 Å². The van der Waals surface area contributed by atoms with Crippen LogP contribution in [0.15, 0.2) is 76.2 Å². The summed E-state index contributed by atoms with van der Waals surface area (Å²) >= 11 is 6.40. The summed E-state index contributed by atoms with van der Waals surface area (Å²) < 4.78 is 7.11. The van der Waals surface area contributed by atoms with E-state index in [0.29, 0.717) is 6.61 Å². The zero-order chi connectivity index (χ0) is 16.5. The Hall–Kier alpha value is -1.92. The second-order valence-electron chi connectivity index (χ2n) is 4.43. The van der Waals surface area contributed by atoms with E-state index in [1.165, 1.54) is 6.20 Å². The second kappa shape index (κ2) is 9.27.